The molecule has 0 bridgehead atoms. The summed E-state index contributed by atoms with van der Waals surface area (Å²) in [5.74, 6) is 0.715. The van der Waals surface area contributed by atoms with Crippen LogP contribution in [0.1, 0.15) is 0 Å². The van der Waals surface area contributed by atoms with Crippen LogP contribution in [-0.2, 0) is 0 Å². The Kier molecular flexibility index (Phi) is 5.14. The highest BCUT2D eigenvalue weighted by Gasteiger charge is 2.20. The topological polar surface area (TPSA) is 53.4 Å². The first-order valence-corrected chi connectivity index (χ1v) is 10.6. The summed E-state index contributed by atoms with van der Waals surface area (Å²) in [6, 6.07) is 21.7. The first-order valence-electron chi connectivity index (χ1n) is 10.6. The zero-order valence-corrected chi connectivity index (χ0v) is 17.5. The molecule has 0 saturated carbocycles. The van der Waals surface area contributed by atoms with E-state index < -0.39 is 0 Å². The van der Waals surface area contributed by atoms with E-state index in [-0.39, 0.29) is 5.43 Å². The Balaban J connectivity index is 1.72. The van der Waals surface area contributed by atoms with Crippen LogP contribution in [-0.4, -0.2) is 47.7 Å². The second-order valence-corrected chi connectivity index (χ2v) is 7.90. The summed E-state index contributed by atoms with van der Waals surface area (Å²) in [4.78, 5) is 22.5. The van der Waals surface area contributed by atoms with Crippen LogP contribution in [0.15, 0.2) is 83.9 Å². The molecular formula is C25H25N5O. The van der Waals surface area contributed by atoms with Gasteiger partial charge in [-0.3, -0.25) is 14.3 Å². The lowest BCUT2D eigenvalue weighted by molar-refractivity contribution is 0.313. The van der Waals surface area contributed by atoms with Crippen molar-refractivity contribution in [3.05, 3.63) is 89.3 Å². The fraction of sp³-hybridized carbons (Fsp3) is 0.200. The lowest BCUT2D eigenvalue weighted by Crippen LogP contribution is -2.44. The van der Waals surface area contributed by atoms with Crippen molar-refractivity contribution in [2.75, 3.05) is 43.4 Å². The maximum absolute atomic E-state index is 13.4. The Bertz CT molecular complexity index is 1250. The van der Waals surface area contributed by atoms with E-state index in [2.05, 4.69) is 31.7 Å². The van der Waals surface area contributed by atoms with Crippen molar-refractivity contribution in [1.29, 1.82) is 0 Å². The molecule has 156 valence electrons. The van der Waals surface area contributed by atoms with Gasteiger partial charge in [-0.15, -0.1) is 0 Å². The zero-order chi connectivity index (χ0) is 21.2. The number of likely N-dealkylation sites (N-methyl/N-ethyl adjacent to an activating group) is 1. The van der Waals surface area contributed by atoms with Crippen molar-refractivity contribution < 1.29 is 0 Å². The molecule has 1 saturated heterocycles. The van der Waals surface area contributed by atoms with E-state index in [0.29, 0.717) is 11.2 Å². The molecule has 0 spiro atoms. The average Bonchev–Trinajstić information content (AvgIpc) is 2.81. The minimum Gasteiger partial charge on any atom is -0.367 e. The fourth-order valence-corrected chi connectivity index (χ4v) is 4.16. The van der Waals surface area contributed by atoms with Crippen LogP contribution in [0.2, 0.25) is 0 Å². The zero-order valence-electron chi connectivity index (χ0n) is 17.5. The summed E-state index contributed by atoms with van der Waals surface area (Å²) < 4.78 is 2.08. The molecular weight excluding hydrogens is 386 g/mol. The minimum absolute atomic E-state index is 0.00283. The Morgan fingerprint density at radius 2 is 1.55 bits per heavy atom. The van der Waals surface area contributed by atoms with Crippen LogP contribution >= 0.6 is 0 Å². The summed E-state index contributed by atoms with van der Waals surface area (Å²) in [5.41, 5.74) is 3.61. The van der Waals surface area contributed by atoms with E-state index in [1.807, 2.05) is 66.9 Å². The molecule has 6 nitrogen and oxygen atoms in total. The first kappa shape index (κ1) is 19.3. The highest BCUT2D eigenvalue weighted by molar-refractivity contribution is 5.93. The number of aromatic nitrogens is 2. The molecule has 0 amide bonds. The van der Waals surface area contributed by atoms with E-state index >= 15 is 0 Å². The Morgan fingerprint density at radius 3 is 2.26 bits per heavy atom. The third-order valence-electron chi connectivity index (χ3n) is 5.81. The van der Waals surface area contributed by atoms with Crippen molar-refractivity contribution >= 4 is 28.1 Å². The Morgan fingerprint density at radius 1 is 0.871 bits per heavy atom. The third-order valence-corrected chi connectivity index (χ3v) is 5.81. The summed E-state index contributed by atoms with van der Waals surface area (Å²) in [7, 11) is 2.13. The molecule has 6 heteroatoms. The quantitative estimate of drug-likeness (QED) is 0.552. The van der Waals surface area contributed by atoms with Gasteiger partial charge in [-0.2, -0.15) is 0 Å². The number of nitrogens with zero attached hydrogens (tertiary/aromatic N) is 4. The van der Waals surface area contributed by atoms with Crippen LogP contribution in [0.4, 0.5) is 17.2 Å². The number of fused-ring (bicyclic) bond motifs is 1. The largest absolute Gasteiger partial charge is 0.367 e. The molecule has 0 aliphatic carbocycles. The third kappa shape index (κ3) is 3.78. The number of nitrogens with one attached hydrogen (secondary N) is 1. The number of anilines is 3. The van der Waals surface area contributed by atoms with Crippen LogP contribution < -0.4 is 15.6 Å². The normalized spacial score (nSPS) is 14.7. The molecule has 1 aliphatic heterocycles. The Labute approximate surface area is 181 Å². The maximum atomic E-state index is 13.4. The van der Waals surface area contributed by atoms with Crippen LogP contribution in [0.25, 0.3) is 16.6 Å². The molecule has 1 fully saturated rings. The van der Waals surface area contributed by atoms with Gasteiger partial charge in [0.25, 0.3) is 0 Å². The maximum Gasteiger partial charge on any atom is 0.193 e. The van der Waals surface area contributed by atoms with Gasteiger partial charge in [0.05, 0.1) is 29.0 Å². The van der Waals surface area contributed by atoms with E-state index in [0.717, 1.165) is 48.8 Å². The van der Waals surface area contributed by atoms with Gasteiger partial charge in [-0.1, -0.05) is 36.4 Å². The number of para-hydroxylation sites is 2. The highest BCUT2D eigenvalue weighted by Crippen LogP contribution is 2.29. The standard InChI is InChI=1S/C25H25N5O/c1-28-12-14-29(15-13-28)21-17-26-18-22-25(21)23(31)16-24(27-19-8-4-2-5-9-19)30(22)20-10-6-3-7-11-20/h2-11,16-18,27H,12-15H2,1H3. The van der Waals surface area contributed by atoms with Gasteiger partial charge < -0.3 is 15.1 Å². The van der Waals surface area contributed by atoms with E-state index in [4.69, 9.17) is 0 Å². The van der Waals surface area contributed by atoms with Crippen LogP contribution in [0.5, 0.6) is 0 Å². The van der Waals surface area contributed by atoms with Crippen LogP contribution in [0, 0.1) is 0 Å². The molecule has 2 aromatic heterocycles. The van der Waals surface area contributed by atoms with Crippen LogP contribution in [0.3, 0.4) is 0 Å². The van der Waals surface area contributed by atoms with Gasteiger partial charge in [0, 0.05) is 43.6 Å². The predicted molar refractivity (Wildman–Crippen MR) is 127 cm³/mol. The molecule has 31 heavy (non-hydrogen) atoms. The van der Waals surface area contributed by atoms with E-state index in [9.17, 15) is 4.79 Å². The Hall–Kier alpha value is -3.64. The van der Waals surface area contributed by atoms with Gasteiger partial charge in [-0.05, 0) is 31.3 Å². The summed E-state index contributed by atoms with van der Waals surface area (Å²) in [5, 5.41) is 4.13. The summed E-state index contributed by atoms with van der Waals surface area (Å²) >= 11 is 0. The number of hydrogen-bond acceptors (Lipinski definition) is 5. The molecule has 2 aromatic carbocycles. The number of benzene rings is 2. The van der Waals surface area contributed by atoms with Crippen molar-refractivity contribution in [3.63, 3.8) is 0 Å². The summed E-state index contributed by atoms with van der Waals surface area (Å²) in [6.07, 6.45) is 3.62. The second kappa shape index (κ2) is 8.24. The number of piperazine rings is 1. The SMILES string of the molecule is CN1CCN(c2cncc3c2c(=O)cc(Nc2ccccc2)n3-c2ccccc2)CC1. The minimum atomic E-state index is -0.00283. The molecule has 3 heterocycles. The smallest absolute Gasteiger partial charge is 0.193 e. The van der Waals surface area contributed by atoms with E-state index in [1.165, 1.54) is 0 Å². The van der Waals surface area contributed by atoms with Gasteiger partial charge in [0.1, 0.15) is 5.82 Å². The monoisotopic (exact) mass is 411 g/mol. The van der Waals surface area contributed by atoms with Crippen molar-refractivity contribution in [3.8, 4) is 5.69 Å². The van der Waals surface area contributed by atoms with Crippen molar-refractivity contribution in [1.82, 2.24) is 14.5 Å². The number of pyridine rings is 2. The van der Waals surface area contributed by atoms with Crippen molar-refractivity contribution in [2.24, 2.45) is 0 Å². The second-order valence-electron chi connectivity index (χ2n) is 7.90. The fourth-order valence-electron chi connectivity index (χ4n) is 4.16. The molecule has 4 aromatic rings. The van der Waals surface area contributed by atoms with Gasteiger partial charge in [0.15, 0.2) is 5.43 Å². The molecule has 1 N–H and O–H groups in total. The van der Waals surface area contributed by atoms with Gasteiger partial charge in [0.2, 0.25) is 0 Å². The van der Waals surface area contributed by atoms with E-state index in [1.54, 1.807) is 12.3 Å². The lowest BCUT2D eigenvalue weighted by atomic mass is 10.1. The number of hydrogen-bond donors (Lipinski definition) is 1. The molecule has 0 unspecified atom stereocenters. The summed E-state index contributed by atoms with van der Waals surface area (Å²) in [6.45, 7) is 3.70. The highest BCUT2D eigenvalue weighted by atomic mass is 16.1. The molecule has 1 aliphatic rings. The molecule has 0 atom stereocenters. The van der Waals surface area contributed by atoms with Gasteiger partial charge in [-0.25, -0.2) is 0 Å². The number of rotatable bonds is 4. The van der Waals surface area contributed by atoms with Gasteiger partial charge >= 0.3 is 0 Å². The first-order chi connectivity index (χ1) is 15.2. The molecule has 0 radical (unpaired) electrons. The lowest BCUT2D eigenvalue weighted by Gasteiger charge is -2.34. The predicted octanol–water partition coefficient (Wildman–Crippen LogP) is 3.88. The van der Waals surface area contributed by atoms with Crippen molar-refractivity contribution in [2.45, 2.75) is 0 Å². The average molecular weight is 412 g/mol. The molecule has 5 rings (SSSR count).